The third-order valence-electron chi connectivity index (χ3n) is 4.09. The van der Waals surface area contributed by atoms with E-state index in [0.717, 1.165) is 4.90 Å². The number of carbonyl (C=O) groups excluding carboxylic acids is 3. The van der Waals surface area contributed by atoms with Crippen LogP contribution in [0.15, 0.2) is 67.0 Å². The average molecular weight is 359 g/mol. The first-order chi connectivity index (χ1) is 13.0. The van der Waals surface area contributed by atoms with Crippen molar-refractivity contribution in [1.82, 2.24) is 4.98 Å². The third-order valence-corrected chi connectivity index (χ3v) is 4.09. The molecule has 2 heterocycles. The summed E-state index contributed by atoms with van der Waals surface area (Å²) < 4.78 is 5.66. The summed E-state index contributed by atoms with van der Waals surface area (Å²) in [5.74, 6) is -1.42. The minimum Gasteiger partial charge on any atom is -0.545 e. The lowest BCUT2D eigenvalue weighted by Crippen LogP contribution is -2.29. The van der Waals surface area contributed by atoms with Crippen LogP contribution in [0.4, 0.5) is 5.69 Å². The number of benzene rings is 2. The molecule has 0 spiro atoms. The van der Waals surface area contributed by atoms with Crippen LogP contribution in [0.25, 0.3) is 0 Å². The van der Waals surface area contributed by atoms with Crippen LogP contribution in [0.2, 0.25) is 0 Å². The highest BCUT2D eigenvalue weighted by Crippen LogP contribution is 2.32. The summed E-state index contributed by atoms with van der Waals surface area (Å²) in [7, 11) is 0. The van der Waals surface area contributed by atoms with Crippen molar-refractivity contribution >= 4 is 23.5 Å². The minimum atomic E-state index is -1.28. The Morgan fingerprint density at radius 3 is 2.30 bits per heavy atom. The first-order valence-corrected chi connectivity index (χ1v) is 7.97. The Bertz CT molecular complexity index is 1060. The molecule has 2 aromatic carbocycles. The first kappa shape index (κ1) is 16.5. The fraction of sp³-hybridized carbons (Fsp3) is 0. The van der Waals surface area contributed by atoms with E-state index in [0.29, 0.717) is 17.2 Å². The van der Waals surface area contributed by atoms with Gasteiger partial charge in [0, 0.05) is 6.20 Å². The van der Waals surface area contributed by atoms with Crippen LogP contribution >= 0.6 is 0 Å². The second kappa shape index (κ2) is 6.38. The SMILES string of the molecule is O=C([O-])c1ccc(Oc2ccc3c(c2)C(=O)N(c2cccnc2)C3=O)cc1. The van der Waals surface area contributed by atoms with Crippen LogP contribution < -0.4 is 14.7 Å². The van der Waals surface area contributed by atoms with Crippen molar-refractivity contribution in [2.75, 3.05) is 4.90 Å². The fourth-order valence-electron chi connectivity index (χ4n) is 2.80. The number of carbonyl (C=O) groups is 3. The molecule has 1 aromatic heterocycles. The maximum absolute atomic E-state index is 12.7. The molecule has 4 rings (SSSR count). The van der Waals surface area contributed by atoms with Gasteiger partial charge in [0.15, 0.2) is 0 Å². The molecule has 3 aromatic rings. The molecule has 0 fully saturated rings. The standard InChI is InChI=1S/C20H12N2O5/c23-18-16-8-7-15(27-14-5-3-12(4-6-14)20(25)26)10-17(16)19(24)22(18)13-2-1-9-21-11-13/h1-11H,(H,25,26)/p-1. The van der Waals surface area contributed by atoms with E-state index in [2.05, 4.69) is 4.98 Å². The summed E-state index contributed by atoms with van der Waals surface area (Å²) in [5, 5.41) is 10.8. The molecule has 0 atom stereocenters. The summed E-state index contributed by atoms with van der Waals surface area (Å²) in [5.41, 5.74) is 0.935. The van der Waals surface area contributed by atoms with Crippen LogP contribution in [-0.2, 0) is 0 Å². The number of rotatable bonds is 4. The number of aromatic nitrogens is 1. The number of ether oxygens (including phenoxy) is 1. The van der Waals surface area contributed by atoms with Gasteiger partial charge in [-0.2, -0.15) is 0 Å². The lowest BCUT2D eigenvalue weighted by molar-refractivity contribution is -0.255. The van der Waals surface area contributed by atoms with E-state index in [1.54, 1.807) is 24.4 Å². The number of carboxylic acids is 1. The van der Waals surface area contributed by atoms with Gasteiger partial charge in [-0.05, 0) is 60.2 Å². The smallest absolute Gasteiger partial charge is 0.266 e. The van der Waals surface area contributed by atoms with Crippen molar-refractivity contribution in [2.24, 2.45) is 0 Å². The van der Waals surface area contributed by atoms with Gasteiger partial charge in [0.25, 0.3) is 11.8 Å². The Morgan fingerprint density at radius 2 is 1.63 bits per heavy atom. The molecule has 0 unspecified atom stereocenters. The summed E-state index contributed by atoms with van der Waals surface area (Å²) in [4.78, 5) is 41.0. The number of pyridine rings is 1. The zero-order valence-corrected chi connectivity index (χ0v) is 13.8. The summed E-state index contributed by atoms with van der Waals surface area (Å²) >= 11 is 0. The first-order valence-electron chi connectivity index (χ1n) is 7.97. The fourth-order valence-corrected chi connectivity index (χ4v) is 2.80. The maximum Gasteiger partial charge on any atom is 0.266 e. The van der Waals surface area contributed by atoms with Gasteiger partial charge in [0.1, 0.15) is 11.5 Å². The molecular formula is C20H11N2O5-. The summed E-state index contributed by atoms with van der Waals surface area (Å²) in [6, 6.07) is 13.5. The van der Waals surface area contributed by atoms with E-state index in [1.165, 1.54) is 42.6 Å². The zero-order valence-electron chi connectivity index (χ0n) is 13.8. The predicted molar refractivity (Wildman–Crippen MR) is 92.7 cm³/mol. The summed E-state index contributed by atoms with van der Waals surface area (Å²) in [6.07, 6.45) is 3.00. The maximum atomic E-state index is 12.7. The second-order valence-corrected chi connectivity index (χ2v) is 5.78. The van der Waals surface area contributed by atoms with Crippen LogP contribution in [0.3, 0.4) is 0 Å². The van der Waals surface area contributed by atoms with Crippen LogP contribution in [-0.4, -0.2) is 22.8 Å². The van der Waals surface area contributed by atoms with E-state index in [1.807, 2.05) is 0 Å². The van der Waals surface area contributed by atoms with E-state index < -0.39 is 17.8 Å². The van der Waals surface area contributed by atoms with Gasteiger partial charge in [-0.1, -0.05) is 0 Å². The summed E-state index contributed by atoms with van der Waals surface area (Å²) in [6.45, 7) is 0. The number of imide groups is 1. The number of nitrogens with zero attached hydrogens (tertiary/aromatic N) is 2. The quantitative estimate of drug-likeness (QED) is 0.661. The molecule has 0 saturated carbocycles. The number of carboxylic acid groups (broad SMARTS) is 1. The number of hydrogen-bond acceptors (Lipinski definition) is 6. The number of hydrogen-bond donors (Lipinski definition) is 0. The molecule has 7 nitrogen and oxygen atoms in total. The Morgan fingerprint density at radius 1 is 0.926 bits per heavy atom. The molecular weight excluding hydrogens is 348 g/mol. The molecule has 0 N–H and O–H groups in total. The minimum absolute atomic E-state index is 0.0317. The molecule has 7 heteroatoms. The molecule has 0 aliphatic carbocycles. The van der Waals surface area contributed by atoms with Crippen molar-refractivity contribution in [1.29, 1.82) is 0 Å². The Hall–Kier alpha value is -4.00. The molecule has 27 heavy (non-hydrogen) atoms. The highest BCUT2D eigenvalue weighted by molar-refractivity contribution is 6.34. The molecule has 0 saturated heterocycles. The van der Waals surface area contributed by atoms with Gasteiger partial charge in [0.2, 0.25) is 0 Å². The number of aromatic carboxylic acids is 1. The highest BCUT2D eigenvalue weighted by atomic mass is 16.5. The molecule has 0 radical (unpaired) electrons. The molecule has 1 aliphatic rings. The van der Waals surface area contributed by atoms with Crippen LogP contribution in [0.5, 0.6) is 11.5 Å². The molecule has 132 valence electrons. The Balaban J connectivity index is 1.62. The van der Waals surface area contributed by atoms with Crippen LogP contribution in [0, 0.1) is 0 Å². The van der Waals surface area contributed by atoms with Gasteiger partial charge in [-0.15, -0.1) is 0 Å². The van der Waals surface area contributed by atoms with E-state index >= 15 is 0 Å². The van der Waals surface area contributed by atoms with Crippen molar-refractivity contribution in [3.63, 3.8) is 0 Å². The average Bonchev–Trinajstić information content (AvgIpc) is 2.93. The lowest BCUT2D eigenvalue weighted by atomic mass is 10.1. The predicted octanol–water partition coefficient (Wildman–Crippen LogP) is 2.04. The number of anilines is 1. The number of amides is 2. The monoisotopic (exact) mass is 359 g/mol. The second-order valence-electron chi connectivity index (χ2n) is 5.78. The van der Waals surface area contributed by atoms with E-state index in [-0.39, 0.29) is 16.7 Å². The van der Waals surface area contributed by atoms with Crippen molar-refractivity contribution < 1.29 is 24.2 Å². The normalized spacial score (nSPS) is 12.8. The van der Waals surface area contributed by atoms with Gasteiger partial charge in [-0.25, -0.2) is 4.90 Å². The molecule has 2 amide bonds. The van der Waals surface area contributed by atoms with Gasteiger partial charge < -0.3 is 14.6 Å². The van der Waals surface area contributed by atoms with Gasteiger partial charge >= 0.3 is 0 Å². The highest BCUT2D eigenvalue weighted by Gasteiger charge is 2.37. The molecule has 1 aliphatic heterocycles. The van der Waals surface area contributed by atoms with E-state index in [4.69, 9.17) is 4.74 Å². The lowest BCUT2D eigenvalue weighted by Gasteiger charge is -2.12. The van der Waals surface area contributed by atoms with Crippen molar-refractivity contribution in [3.8, 4) is 11.5 Å². The largest absolute Gasteiger partial charge is 0.545 e. The number of fused-ring (bicyclic) bond motifs is 1. The van der Waals surface area contributed by atoms with Gasteiger partial charge in [0.05, 0.1) is 29.0 Å². The third kappa shape index (κ3) is 2.91. The zero-order chi connectivity index (χ0) is 19.0. The van der Waals surface area contributed by atoms with E-state index in [9.17, 15) is 19.5 Å². The topological polar surface area (TPSA) is 99.6 Å². The van der Waals surface area contributed by atoms with Crippen LogP contribution in [0.1, 0.15) is 31.1 Å². The van der Waals surface area contributed by atoms with Gasteiger partial charge in [-0.3, -0.25) is 14.6 Å². The Labute approximate surface area is 153 Å². The molecule has 0 bridgehead atoms. The van der Waals surface area contributed by atoms with Crippen molar-refractivity contribution in [2.45, 2.75) is 0 Å². The van der Waals surface area contributed by atoms with Crippen molar-refractivity contribution in [3.05, 3.63) is 83.7 Å². The Kier molecular flexibility index (Phi) is 3.89.